The summed E-state index contributed by atoms with van der Waals surface area (Å²) in [5.74, 6) is -1.47. The number of hydrogen-bond donors (Lipinski definition) is 2. The molecule has 1 aliphatic heterocycles. The van der Waals surface area contributed by atoms with E-state index in [1.54, 1.807) is 19.1 Å². The summed E-state index contributed by atoms with van der Waals surface area (Å²) >= 11 is 0. The van der Waals surface area contributed by atoms with E-state index in [1.165, 1.54) is 30.3 Å². The number of amides is 2. The fraction of sp³-hybridized carbons (Fsp3) is 0.259. The number of nitrogens with one attached hydrogen (secondary N) is 2. The van der Waals surface area contributed by atoms with E-state index in [0.717, 1.165) is 31.3 Å². The molecule has 0 unspecified atom stereocenters. The summed E-state index contributed by atoms with van der Waals surface area (Å²) in [6, 6.07) is 13.0. The molecule has 0 saturated carbocycles. The van der Waals surface area contributed by atoms with E-state index in [0.29, 0.717) is 24.3 Å². The first-order valence-electron chi connectivity index (χ1n) is 12.0. The molecule has 2 amide bonds. The molecule has 0 bridgehead atoms. The summed E-state index contributed by atoms with van der Waals surface area (Å²) in [6.07, 6.45) is -4.60. The van der Waals surface area contributed by atoms with E-state index in [1.807, 2.05) is 7.05 Å². The number of halogens is 3. The molecule has 0 aromatic heterocycles. The Morgan fingerprint density at radius 3 is 2.31 bits per heavy atom. The lowest BCUT2D eigenvalue weighted by molar-refractivity contribution is -0.385. The van der Waals surface area contributed by atoms with Crippen molar-refractivity contribution in [1.82, 2.24) is 4.90 Å². The molecule has 1 heterocycles. The van der Waals surface area contributed by atoms with Gasteiger partial charge in [-0.25, -0.2) is 0 Å². The van der Waals surface area contributed by atoms with Crippen LogP contribution in [0.2, 0.25) is 0 Å². The standard InChI is InChI=1S/C27H26F3N5O4/c1-17-6-7-20(31-25(36)18-4-3-5-19(14-18)27(28,29)30)15-23(17)32-26(37)22-16-21(8-9-24(22)35(38)39)34-12-10-33(2)11-13-34/h3-9,14-16H,10-13H2,1-2H3,(H,31,36)(H,32,37). The van der Waals surface area contributed by atoms with Crippen LogP contribution in [-0.4, -0.2) is 54.9 Å². The first-order chi connectivity index (χ1) is 18.4. The predicted octanol–water partition coefficient (Wildman–Crippen LogP) is 5.18. The summed E-state index contributed by atoms with van der Waals surface area (Å²) < 4.78 is 39.1. The van der Waals surface area contributed by atoms with Crippen molar-refractivity contribution < 1.29 is 27.7 Å². The molecule has 9 nitrogen and oxygen atoms in total. The molecule has 12 heteroatoms. The lowest BCUT2D eigenvalue weighted by Crippen LogP contribution is -2.44. The quantitative estimate of drug-likeness (QED) is 0.329. The number of alkyl halides is 3. The van der Waals surface area contributed by atoms with Gasteiger partial charge in [-0.15, -0.1) is 0 Å². The zero-order valence-electron chi connectivity index (χ0n) is 21.2. The zero-order chi connectivity index (χ0) is 28.3. The van der Waals surface area contributed by atoms with Crippen molar-refractivity contribution in [1.29, 1.82) is 0 Å². The topological polar surface area (TPSA) is 108 Å². The number of rotatable bonds is 6. The van der Waals surface area contributed by atoms with Crippen LogP contribution in [0.5, 0.6) is 0 Å². The Morgan fingerprint density at radius 1 is 0.923 bits per heavy atom. The van der Waals surface area contributed by atoms with Crippen molar-refractivity contribution >= 4 is 34.6 Å². The summed E-state index contributed by atoms with van der Waals surface area (Å²) in [6.45, 7) is 4.75. The average Bonchev–Trinajstić information content (AvgIpc) is 2.90. The molecule has 1 aliphatic rings. The fourth-order valence-corrected chi connectivity index (χ4v) is 4.19. The van der Waals surface area contributed by atoms with Gasteiger partial charge in [0.05, 0.1) is 10.5 Å². The summed E-state index contributed by atoms with van der Waals surface area (Å²) in [5, 5.41) is 16.9. The number of likely N-dealkylation sites (N-methyl/N-ethyl adjacent to an activating group) is 1. The molecule has 3 aromatic carbocycles. The van der Waals surface area contributed by atoms with E-state index < -0.39 is 28.5 Å². The maximum Gasteiger partial charge on any atom is 0.416 e. The van der Waals surface area contributed by atoms with Crippen molar-refractivity contribution in [2.45, 2.75) is 13.1 Å². The molecule has 0 spiro atoms. The smallest absolute Gasteiger partial charge is 0.369 e. The third-order valence-electron chi connectivity index (χ3n) is 6.49. The molecule has 0 aliphatic carbocycles. The number of anilines is 3. The number of carbonyl (C=O) groups is 2. The van der Waals surface area contributed by atoms with Crippen molar-refractivity contribution in [3.8, 4) is 0 Å². The van der Waals surface area contributed by atoms with Crippen LogP contribution < -0.4 is 15.5 Å². The van der Waals surface area contributed by atoms with Crippen LogP contribution >= 0.6 is 0 Å². The molecule has 204 valence electrons. The van der Waals surface area contributed by atoms with Crippen LogP contribution in [0.25, 0.3) is 0 Å². The third-order valence-corrected chi connectivity index (χ3v) is 6.49. The van der Waals surface area contributed by atoms with Gasteiger partial charge in [0.25, 0.3) is 17.5 Å². The highest BCUT2D eigenvalue weighted by molar-refractivity contribution is 6.09. The van der Waals surface area contributed by atoms with E-state index in [2.05, 4.69) is 20.4 Å². The number of piperazine rings is 1. The Kier molecular flexibility index (Phi) is 7.86. The molecule has 1 saturated heterocycles. The largest absolute Gasteiger partial charge is 0.416 e. The molecule has 1 fully saturated rings. The van der Waals surface area contributed by atoms with Crippen molar-refractivity contribution in [2.75, 3.05) is 48.8 Å². The normalized spacial score (nSPS) is 14.1. The minimum Gasteiger partial charge on any atom is -0.369 e. The van der Waals surface area contributed by atoms with Gasteiger partial charge in [0.2, 0.25) is 0 Å². The highest BCUT2D eigenvalue weighted by atomic mass is 19.4. The zero-order valence-corrected chi connectivity index (χ0v) is 21.2. The minimum absolute atomic E-state index is 0.116. The van der Waals surface area contributed by atoms with E-state index in [9.17, 15) is 32.9 Å². The van der Waals surface area contributed by atoms with Crippen molar-refractivity contribution in [3.63, 3.8) is 0 Å². The van der Waals surface area contributed by atoms with Gasteiger partial charge in [0.1, 0.15) is 5.56 Å². The van der Waals surface area contributed by atoms with E-state index >= 15 is 0 Å². The van der Waals surface area contributed by atoms with Gasteiger partial charge in [0.15, 0.2) is 0 Å². The van der Waals surface area contributed by atoms with Crippen molar-refractivity contribution in [3.05, 3.63) is 93.0 Å². The highest BCUT2D eigenvalue weighted by Crippen LogP contribution is 2.31. The molecule has 39 heavy (non-hydrogen) atoms. The van der Waals surface area contributed by atoms with Crippen LogP contribution in [-0.2, 0) is 6.18 Å². The second-order valence-corrected chi connectivity index (χ2v) is 9.27. The first-order valence-corrected chi connectivity index (χ1v) is 12.0. The SMILES string of the molecule is Cc1ccc(NC(=O)c2cccc(C(F)(F)F)c2)cc1NC(=O)c1cc(N2CCN(C)CC2)ccc1[N+](=O)[O-]. The highest BCUT2D eigenvalue weighted by Gasteiger charge is 2.31. The van der Waals surface area contributed by atoms with Crippen LogP contribution in [0, 0.1) is 17.0 Å². The van der Waals surface area contributed by atoms with Crippen LogP contribution in [0.4, 0.5) is 35.9 Å². The molecular weight excluding hydrogens is 515 g/mol. The number of aryl methyl sites for hydroxylation is 1. The molecule has 3 aromatic rings. The van der Waals surface area contributed by atoms with Gasteiger partial charge in [0, 0.05) is 54.9 Å². The lowest BCUT2D eigenvalue weighted by atomic mass is 10.1. The second kappa shape index (κ2) is 11.1. The van der Waals surface area contributed by atoms with Gasteiger partial charge < -0.3 is 20.4 Å². The average molecular weight is 542 g/mol. The van der Waals surface area contributed by atoms with Crippen molar-refractivity contribution in [2.24, 2.45) is 0 Å². The Hall–Kier alpha value is -4.45. The Balaban J connectivity index is 1.55. The summed E-state index contributed by atoms with van der Waals surface area (Å²) in [5.41, 5.74) is 0.196. The number of nitro benzene ring substituents is 1. The first kappa shape index (κ1) is 27.6. The van der Waals surface area contributed by atoms with Crippen LogP contribution in [0.3, 0.4) is 0 Å². The number of carbonyl (C=O) groups excluding carboxylic acids is 2. The third kappa shape index (κ3) is 6.52. The molecule has 2 N–H and O–H groups in total. The maximum atomic E-state index is 13.2. The van der Waals surface area contributed by atoms with Gasteiger partial charge in [-0.3, -0.25) is 19.7 Å². The summed E-state index contributed by atoms with van der Waals surface area (Å²) in [7, 11) is 2.00. The summed E-state index contributed by atoms with van der Waals surface area (Å²) in [4.78, 5) is 41.1. The lowest BCUT2D eigenvalue weighted by Gasteiger charge is -2.34. The van der Waals surface area contributed by atoms with Gasteiger partial charge >= 0.3 is 6.18 Å². The number of benzene rings is 3. The Bertz CT molecular complexity index is 1420. The number of nitrogens with zero attached hydrogens (tertiary/aromatic N) is 3. The Labute approximate surface area is 222 Å². The molecular formula is C27H26F3N5O4. The molecule has 0 atom stereocenters. The molecule has 4 rings (SSSR count). The van der Waals surface area contributed by atoms with E-state index in [4.69, 9.17) is 0 Å². The predicted molar refractivity (Wildman–Crippen MR) is 141 cm³/mol. The monoisotopic (exact) mass is 541 g/mol. The fourth-order valence-electron chi connectivity index (χ4n) is 4.19. The van der Waals surface area contributed by atoms with Gasteiger partial charge in [-0.2, -0.15) is 13.2 Å². The Morgan fingerprint density at radius 2 is 1.64 bits per heavy atom. The number of nitro groups is 1. The maximum absolute atomic E-state index is 13.2. The second-order valence-electron chi connectivity index (χ2n) is 9.27. The van der Waals surface area contributed by atoms with Crippen LogP contribution in [0.1, 0.15) is 31.8 Å². The number of hydrogen-bond acceptors (Lipinski definition) is 6. The minimum atomic E-state index is -4.60. The van der Waals surface area contributed by atoms with Crippen LogP contribution in [0.15, 0.2) is 60.7 Å². The van der Waals surface area contributed by atoms with Gasteiger partial charge in [-0.1, -0.05) is 12.1 Å². The van der Waals surface area contributed by atoms with Gasteiger partial charge in [-0.05, 0) is 62.0 Å². The van der Waals surface area contributed by atoms with E-state index in [-0.39, 0.29) is 28.2 Å². The molecule has 0 radical (unpaired) electrons.